The average molecular weight is 288 g/mol. The number of hydrogen-bond acceptors (Lipinski definition) is 7. The summed E-state index contributed by atoms with van der Waals surface area (Å²) in [5.41, 5.74) is 3.27. The van der Waals surface area contributed by atoms with Gasteiger partial charge in [-0.2, -0.15) is 0 Å². The van der Waals surface area contributed by atoms with Gasteiger partial charge in [-0.25, -0.2) is 10.8 Å². The fourth-order valence-electron chi connectivity index (χ4n) is 1.13. The molecule has 0 aromatic carbocycles. The van der Waals surface area contributed by atoms with Crippen LogP contribution in [0, 0.1) is 6.92 Å². The Morgan fingerprint density at radius 3 is 2.94 bits per heavy atom. The Morgan fingerprint density at radius 1 is 1.47 bits per heavy atom. The maximum Gasteiger partial charge on any atom is 0.174 e. The molecule has 0 saturated heterocycles. The molecule has 5 nitrogen and oxygen atoms in total. The van der Waals surface area contributed by atoms with Gasteiger partial charge in [0.05, 0.1) is 10.7 Å². The monoisotopic (exact) mass is 287 g/mol. The van der Waals surface area contributed by atoms with Crippen molar-refractivity contribution in [3.63, 3.8) is 0 Å². The van der Waals surface area contributed by atoms with Crippen molar-refractivity contribution in [2.45, 2.75) is 17.0 Å². The maximum absolute atomic E-state index is 6.05. The summed E-state index contributed by atoms with van der Waals surface area (Å²) in [6.07, 6.45) is 0. The van der Waals surface area contributed by atoms with E-state index in [1.165, 1.54) is 0 Å². The fraction of sp³-hybridized carbons (Fsp3) is 0.222. The zero-order chi connectivity index (χ0) is 12.3. The molecule has 2 rings (SSSR count). The molecule has 0 aliphatic rings. The Hall–Kier alpha value is -0.890. The van der Waals surface area contributed by atoms with Gasteiger partial charge in [-0.1, -0.05) is 34.7 Å². The Bertz CT molecular complexity index is 516. The van der Waals surface area contributed by atoms with E-state index in [1.807, 2.05) is 6.92 Å². The number of thioether (sulfide) groups is 1. The lowest BCUT2D eigenvalue weighted by Gasteiger charge is -2.04. The first-order valence-corrected chi connectivity index (χ1v) is 6.92. The van der Waals surface area contributed by atoms with Gasteiger partial charge in [0.1, 0.15) is 10.8 Å². The molecular formula is C9H10ClN5S2. The zero-order valence-electron chi connectivity index (χ0n) is 8.98. The number of anilines is 1. The molecule has 0 spiro atoms. The number of nitrogens with one attached hydrogen (secondary N) is 1. The average Bonchev–Trinajstić information content (AvgIpc) is 2.74. The fourth-order valence-corrected chi connectivity index (χ4v) is 3.15. The van der Waals surface area contributed by atoms with E-state index in [9.17, 15) is 0 Å². The lowest BCUT2D eigenvalue weighted by Crippen LogP contribution is -2.09. The molecule has 3 N–H and O–H groups in total. The van der Waals surface area contributed by atoms with Crippen molar-refractivity contribution in [2.24, 2.45) is 5.84 Å². The van der Waals surface area contributed by atoms with Crippen molar-refractivity contribution in [2.75, 3.05) is 5.43 Å². The molecule has 0 atom stereocenters. The van der Waals surface area contributed by atoms with Crippen molar-refractivity contribution >= 4 is 40.5 Å². The Morgan fingerprint density at radius 2 is 2.29 bits per heavy atom. The minimum atomic E-state index is 0.596. The standard InChI is InChI=1S/C9H10ClN5S2/c1-5-14-15-9(17-5)16-4-7-6(10)2-3-8(12-7)13-11/h2-3H,4,11H2,1H3,(H,12,13). The molecule has 0 radical (unpaired) electrons. The second kappa shape index (κ2) is 5.63. The summed E-state index contributed by atoms with van der Waals surface area (Å²) in [5, 5.41) is 9.54. The molecular weight excluding hydrogens is 278 g/mol. The number of rotatable bonds is 4. The summed E-state index contributed by atoms with van der Waals surface area (Å²) in [6.45, 7) is 1.92. The van der Waals surface area contributed by atoms with Crippen LogP contribution in [0.2, 0.25) is 5.02 Å². The number of pyridine rings is 1. The SMILES string of the molecule is Cc1nnc(SCc2nc(NN)ccc2Cl)s1. The van der Waals surface area contributed by atoms with Crippen molar-refractivity contribution in [3.8, 4) is 0 Å². The molecule has 90 valence electrons. The van der Waals surface area contributed by atoms with Gasteiger partial charge in [-0.3, -0.25) is 0 Å². The molecule has 0 aliphatic heterocycles. The molecule has 0 unspecified atom stereocenters. The van der Waals surface area contributed by atoms with E-state index >= 15 is 0 Å². The van der Waals surface area contributed by atoms with Crippen LogP contribution in [0.5, 0.6) is 0 Å². The molecule has 17 heavy (non-hydrogen) atoms. The number of nitrogen functional groups attached to an aromatic ring is 1. The molecule has 0 aliphatic carbocycles. The van der Waals surface area contributed by atoms with Gasteiger partial charge < -0.3 is 5.43 Å². The Kier molecular flexibility index (Phi) is 4.16. The van der Waals surface area contributed by atoms with Gasteiger partial charge in [0.25, 0.3) is 0 Å². The minimum Gasteiger partial charge on any atom is -0.308 e. The van der Waals surface area contributed by atoms with E-state index in [1.54, 1.807) is 35.2 Å². The summed E-state index contributed by atoms with van der Waals surface area (Å²) in [7, 11) is 0. The van der Waals surface area contributed by atoms with Gasteiger partial charge in [-0.05, 0) is 19.1 Å². The molecule has 2 aromatic rings. The van der Waals surface area contributed by atoms with Crippen molar-refractivity contribution in [3.05, 3.63) is 27.9 Å². The normalized spacial score (nSPS) is 10.5. The van der Waals surface area contributed by atoms with E-state index in [0.717, 1.165) is 15.0 Å². The number of aromatic nitrogens is 3. The van der Waals surface area contributed by atoms with Crippen LogP contribution in [-0.2, 0) is 5.75 Å². The molecule has 2 heterocycles. The van der Waals surface area contributed by atoms with E-state index in [4.69, 9.17) is 17.4 Å². The number of aryl methyl sites for hydroxylation is 1. The first kappa shape index (κ1) is 12.6. The van der Waals surface area contributed by atoms with Crippen LogP contribution in [0.3, 0.4) is 0 Å². The Balaban J connectivity index is 2.07. The summed E-state index contributed by atoms with van der Waals surface area (Å²) < 4.78 is 0.909. The number of halogens is 1. The largest absolute Gasteiger partial charge is 0.308 e. The molecule has 0 amide bonds. The summed E-state index contributed by atoms with van der Waals surface area (Å²) in [4.78, 5) is 4.28. The van der Waals surface area contributed by atoms with Gasteiger partial charge >= 0.3 is 0 Å². The number of nitrogens with two attached hydrogens (primary N) is 1. The zero-order valence-corrected chi connectivity index (χ0v) is 11.4. The lowest BCUT2D eigenvalue weighted by molar-refractivity contribution is 0.983. The van der Waals surface area contributed by atoms with E-state index in [2.05, 4.69) is 20.6 Å². The van der Waals surface area contributed by atoms with E-state index in [0.29, 0.717) is 16.6 Å². The van der Waals surface area contributed by atoms with Crippen molar-refractivity contribution in [1.29, 1.82) is 0 Å². The van der Waals surface area contributed by atoms with E-state index < -0.39 is 0 Å². The highest BCUT2D eigenvalue weighted by atomic mass is 35.5. The van der Waals surface area contributed by atoms with Crippen LogP contribution in [-0.4, -0.2) is 15.2 Å². The van der Waals surface area contributed by atoms with Crippen LogP contribution in [0.1, 0.15) is 10.7 Å². The lowest BCUT2D eigenvalue weighted by atomic mass is 10.4. The smallest absolute Gasteiger partial charge is 0.174 e. The summed E-state index contributed by atoms with van der Waals surface area (Å²) >= 11 is 9.16. The summed E-state index contributed by atoms with van der Waals surface area (Å²) in [5.74, 6) is 6.53. The molecule has 8 heteroatoms. The molecule has 0 bridgehead atoms. The topological polar surface area (TPSA) is 76.7 Å². The predicted octanol–water partition coefficient (Wildman–Crippen LogP) is 2.47. The predicted molar refractivity (Wildman–Crippen MR) is 71.3 cm³/mol. The van der Waals surface area contributed by atoms with Crippen molar-refractivity contribution < 1.29 is 0 Å². The van der Waals surface area contributed by atoms with Crippen LogP contribution < -0.4 is 11.3 Å². The first-order valence-electron chi connectivity index (χ1n) is 4.74. The number of hydrogen-bond donors (Lipinski definition) is 2. The second-order valence-electron chi connectivity index (χ2n) is 3.15. The van der Waals surface area contributed by atoms with E-state index in [-0.39, 0.29) is 0 Å². The Labute approximate surface area is 112 Å². The number of nitrogens with zero attached hydrogens (tertiary/aromatic N) is 3. The third-order valence-electron chi connectivity index (χ3n) is 1.91. The molecule has 0 saturated carbocycles. The third-order valence-corrected chi connectivity index (χ3v) is 4.23. The molecule has 0 fully saturated rings. The van der Waals surface area contributed by atoms with Crippen LogP contribution in [0.25, 0.3) is 0 Å². The highest BCUT2D eigenvalue weighted by Gasteiger charge is 2.07. The number of hydrazine groups is 1. The second-order valence-corrected chi connectivity index (χ2v) is 5.96. The highest BCUT2D eigenvalue weighted by Crippen LogP contribution is 2.28. The summed E-state index contributed by atoms with van der Waals surface area (Å²) in [6, 6.07) is 3.50. The first-order chi connectivity index (χ1) is 8.19. The van der Waals surface area contributed by atoms with Crippen molar-refractivity contribution in [1.82, 2.24) is 15.2 Å². The van der Waals surface area contributed by atoms with Gasteiger partial charge in [0.2, 0.25) is 0 Å². The third kappa shape index (κ3) is 3.29. The highest BCUT2D eigenvalue weighted by molar-refractivity contribution is 8.00. The van der Waals surface area contributed by atoms with Crippen LogP contribution in [0.4, 0.5) is 5.82 Å². The van der Waals surface area contributed by atoms with Crippen LogP contribution >= 0.6 is 34.7 Å². The van der Waals surface area contributed by atoms with Gasteiger partial charge in [-0.15, -0.1) is 10.2 Å². The van der Waals surface area contributed by atoms with Crippen LogP contribution in [0.15, 0.2) is 16.5 Å². The maximum atomic E-state index is 6.05. The van der Waals surface area contributed by atoms with Gasteiger partial charge in [0.15, 0.2) is 4.34 Å². The minimum absolute atomic E-state index is 0.596. The van der Waals surface area contributed by atoms with Gasteiger partial charge in [0, 0.05) is 5.75 Å². The molecule has 2 aromatic heterocycles. The quantitative estimate of drug-likeness (QED) is 0.511.